The van der Waals surface area contributed by atoms with Crippen molar-refractivity contribution in [1.29, 1.82) is 0 Å². The highest BCUT2D eigenvalue weighted by molar-refractivity contribution is 5.84. The van der Waals surface area contributed by atoms with Gasteiger partial charge in [-0.1, -0.05) is 158 Å². The van der Waals surface area contributed by atoms with Gasteiger partial charge in [-0.2, -0.15) is 4.99 Å². The van der Waals surface area contributed by atoms with Crippen molar-refractivity contribution in [2.75, 3.05) is 9.80 Å². The van der Waals surface area contributed by atoms with Crippen LogP contribution in [-0.4, -0.2) is 4.98 Å². The molecule has 5 heteroatoms. The first-order chi connectivity index (χ1) is 30.7. The second-order valence-corrected chi connectivity index (χ2v) is 15.0. The van der Waals surface area contributed by atoms with Crippen LogP contribution in [-0.2, 0) is 0 Å². The first-order valence-electron chi connectivity index (χ1n) is 20.8. The van der Waals surface area contributed by atoms with Crippen molar-refractivity contribution in [3.63, 3.8) is 0 Å². The van der Waals surface area contributed by atoms with E-state index in [1.54, 1.807) is 6.26 Å². The largest absolute Gasteiger partial charge is 0.445 e. The average molecular weight is 799 g/mol. The lowest BCUT2D eigenvalue weighted by Crippen LogP contribution is -2.10. The van der Waals surface area contributed by atoms with Crippen LogP contribution in [0, 0.1) is 0 Å². The number of aromatic nitrogens is 1. The topological polar surface area (TPSA) is 47.8 Å². The third-order valence-electron chi connectivity index (χ3n) is 11.0. The molecular formula is C57H42N4O. The maximum absolute atomic E-state index is 6.57. The maximum atomic E-state index is 6.57. The van der Waals surface area contributed by atoms with Crippen LogP contribution >= 0.6 is 0 Å². The van der Waals surface area contributed by atoms with Crippen molar-refractivity contribution >= 4 is 39.9 Å². The summed E-state index contributed by atoms with van der Waals surface area (Å²) in [5, 5.41) is 0. The van der Waals surface area contributed by atoms with E-state index in [9.17, 15) is 0 Å². The van der Waals surface area contributed by atoms with Gasteiger partial charge in [0.2, 0.25) is 5.55 Å². The molecule has 0 unspecified atom stereocenters. The number of anilines is 6. The smallest absolute Gasteiger partial charge is 0.228 e. The highest BCUT2D eigenvalue weighted by Gasteiger charge is 2.17. The Labute approximate surface area is 361 Å². The van der Waals surface area contributed by atoms with Crippen molar-refractivity contribution < 1.29 is 4.42 Å². The van der Waals surface area contributed by atoms with Crippen LogP contribution in [0.2, 0.25) is 0 Å². The van der Waals surface area contributed by atoms with Crippen LogP contribution in [0.15, 0.2) is 258 Å². The minimum absolute atomic E-state index is 0.499. The number of benzene rings is 8. The van der Waals surface area contributed by atoms with Crippen LogP contribution in [0.1, 0.15) is 0 Å². The molecule has 62 heavy (non-hydrogen) atoms. The lowest BCUT2D eigenvalue weighted by molar-refractivity contribution is 0.500. The monoisotopic (exact) mass is 798 g/mol. The maximum Gasteiger partial charge on any atom is 0.228 e. The van der Waals surface area contributed by atoms with Crippen LogP contribution < -0.4 is 15.4 Å². The molecule has 2 heterocycles. The summed E-state index contributed by atoms with van der Waals surface area (Å²) in [5.41, 5.74) is 14.8. The molecule has 0 amide bonds. The van der Waals surface area contributed by atoms with Crippen LogP contribution in [0.5, 0.6) is 0 Å². The Hall–Kier alpha value is -8.41. The number of aromatic amines is 1. The van der Waals surface area contributed by atoms with E-state index in [1.807, 2.05) is 48.5 Å². The summed E-state index contributed by atoms with van der Waals surface area (Å²) in [4.78, 5) is 13.5. The standard InChI is InChI=1S/C57H42N4O/c1-7-19-42(20-8-1)46-39-54(44-33-37-52(38-34-44)61(49-27-15-5-16-28-49)50-29-17-6-18-30-50)57(62-41-46)59-56-53(40-55(58-56)45-21-9-2-10-22-45)43-31-35-51(36-32-43)60(47-23-11-3-12-24-47)48-25-13-4-14-26-48/h1-41,58H. The molecule has 0 fully saturated rings. The molecule has 0 saturated carbocycles. The number of hydrogen-bond donors (Lipinski definition) is 1. The fourth-order valence-electron chi connectivity index (χ4n) is 7.92. The van der Waals surface area contributed by atoms with Gasteiger partial charge < -0.3 is 19.2 Å². The molecule has 0 spiro atoms. The number of H-pyrrole nitrogens is 1. The molecule has 0 aliphatic rings. The van der Waals surface area contributed by atoms with E-state index in [1.165, 1.54) is 0 Å². The number of para-hydroxylation sites is 4. The van der Waals surface area contributed by atoms with Crippen LogP contribution in [0.25, 0.3) is 44.6 Å². The molecule has 10 aromatic rings. The van der Waals surface area contributed by atoms with Gasteiger partial charge in [-0.3, -0.25) is 0 Å². The molecule has 0 aliphatic heterocycles. The van der Waals surface area contributed by atoms with E-state index in [-0.39, 0.29) is 0 Å². The van der Waals surface area contributed by atoms with Gasteiger partial charge in [0, 0.05) is 56.5 Å². The molecule has 0 atom stereocenters. The Morgan fingerprint density at radius 3 is 1.13 bits per heavy atom. The van der Waals surface area contributed by atoms with E-state index in [0.717, 1.165) is 78.8 Å². The Bertz CT molecular complexity index is 3000. The minimum atomic E-state index is 0.499. The molecule has 5 nitrogen and oxygen atoms in total. The molecular weight excluding hydrogens is 757 g/mol. The predicted molar refractivity (Wildman–Crippen MR) is 256 cm³/mol. The summed E-state index contributed by atoms with van der Waals surface area (Å²) in [6.45, 7) is 0. The minimum Gasteiger partial charge on any atom is -0.445 e. The lowest BCUT2D eigenvalue weighted by Gasteiger charge is -2.25. The van der Waals surface area contributed by atoms with Crippen LogP contribution in [0.4, 0.5) is 39.9 Å². The molecule has 2 aromatic heterocycles. The quantitative estimate of drug-likeness (QED) is 0.142. The zero-order valence-electron chi connectivity index (χ0n) is 33.9. The molecule has 10 rings (SSSR count). The van der Waals surface area contributed by atoms with Crippen molar-refractivity contribution in [3.8, 4) is 44.6 Å². The molecule has 0 saturated heterocycles. The van der Waals surface area contributed by atoms with E-state index in [4.69, 9.17) is 9.41 Å². The SMILES string of the molecule is c1ccc(-c2coc(=Nc3[nH]c(-c4ccccc4)cc3-c3ccc(N(c4ccccc4)c4ccccc4)cc3)c(-c3ccc(N(c4ccccc4)c4ccccc4)cc3)c2)cc1. The Kier molecular flexibility index (Phi) is 10.6. The third kappa shape index (κ3) is 7.99. The highest BCUT2D eigenvalue weighted by Crippen LogP contribution is 2.40. The van der Waals surface area contributed by atoms with Gasteiger partial charge in [0.05, 0.1) is 0 Å². The molecule has 1 N–H and O–H groups in total. The third-order valence-corrected chi connectivity index (χ3v) is 11.0. The summed E-state index contributed by atoms with van der Waals surface area (Å²) in [6.07, 6.45) is 1.80. The average Bonchev–Trinajstić information content (AvgIpc) is 3.78. The summed E-state index contributed by atoms with van der Waals surface area (Å²) < 4.78 is 6.57. The summed E-state index contributed by atoms with van der Waals surface area (Å²) >= 11 is 0. The first kappa shape index (κ1) is 37.8. The summed E-state index contributed by atoms with van der Waals surface area (Å²) in [6, 6.07) is 84.2. The number of rotatable bonds is 11. The Balaban J connectivity index is 1.10. The summed E-state index contributed by atoms with van der Waals surface area (Å²) in [7, 11) is 0. The van der Waals surface area contributed by atoms with E-state index < -0.39 is 0 Å². The van der Waals surface area contributed by atoms with Gasteiger partial charge in [0.25, 0.3) is 0 Å². The lowest BCUT2D eigenvalue weighted by atomic mass is 10.0. The van der Waals surface area contributed by atoms with E-state index >= 15 is 0 Å². The number of nitrogens with zero attached hydrogens (tertiary/aromatic N) is 3. The Morgan fingerprint density at radius 2 is 0.694 bits per heavy atom. The Morgan fingerprint density at radius 1 is 0.323 bits per heavy atom. The number of nitrogens with one attached hydrogen (secondary N) is 1. The fraction of sp³-hybridized carbons (Fsp3) is 0. The number of hydrogen-bond acceptors (Lipinski definition) is 4. The zero-order valence-corrected chi connectivity index (χ0v) is 33.9. The van der Waals surface area contributed by atoms with Gasteiger partial charge in [-0.25, -0.2) is 0 Å². The van der Waals surface area contributed by atoms with E-state index in [0.29, 0.717) is 11.4 Å². The fourth-order valence-corrected chi connectivity index (χ4v) is 7.92. The molecule has 0 bridgehead atoms. The zero-order chi connectivity index (χ0) is 41.5. The molecule has 0 radical (unpaired) electrons. The van der Waals surface area contributed by atoms with Crippen molar-refractivity contribution in [3.05, 3.63) is 254 Å². The van der Waals surface area contributed by atoms with Gasteiger partial charge in [0.1, 0.15) is 12.1 Å². The van der Waals surface area contributed by atoms with Crippen LogP contribution in [0.3, 0.4) is 0 Å². The van der Waals surface area contributed by atoms with Crippen molar-refractivity contribution in [1.82, 2.24) is 4.98 Å². The van der Waals surface area contributed by atoms with Crippen molar-refractivity contribution in [2.24, 2.45) is 4.99 Å². The van der Waals surface area contributed by atoms with Crippen molar-refractivity contribution in [2.45, 2.75) is 0 Å². The first-order valence-corrected chi connectivity index (χ1v) is 20.8. The van der Waals surface area contributed by atoms with Gasteiger partial charge in [-0.15, -0.1) is 0 Å². The molecule has 0 aliphatic carbocycles. The molecule has 8 aromatic carbocycles. The van der Waals surface area contributed by atoms with Gasteiger partial charge in [-0.05, 0) is 107 Å². The van der Waals surface area contributed by atoms with Gasteiger partial charge in [0.15, 0.2) is 0 Å². The summed E-state index contributed by atoms with van der Waals surface area (Å²) in [5.74, 6) is 0.702. The van der Waals surface area contributed by atoms with Gasteiger partial charge >= 0.3 is 0 Å². The molecule has 296 valence electrons. The second kappa shape index (κ2) is 17.4. The second-order valence-electron chi connectivity index (χ2n) is 15.0. The van der Waals surface area contributed by atoms with E-state index in [2.05, 4.69) is 209 Å². The predicted octanol–water partition coefficient (Wildman–Crippen LogP) is 15.4. The normalized spacial score (nSPS) is 11.3. The highest BCUT2D eigenvalue weighted by atomic mass is 16.3.